The maximum Gasteiger partial charge on any atom is 0.0764 e. The number of aryl methyl sites for hydroxylation is 1. The first kappa shape index (κ1) is 13.2. The second-order valence-electron chi connectivity index (χ2n) is 4.46. The van der Waals surface area contributed by atoms with Gasteiger partial charge in [-0.05, 0) is 12.6 Å². The molecule has 0 fully saturated rings. The molecule has 16 heavy (non-hydrogen) atoms. The summed E-state index contributed by atoms with van der Waals surface area (Å²) in [6.45, 7) is 10.7. The summed E-state index contributed by atoms with van der Waals surface area (Å²) in [7, 11) is 1.96. The summed E-state index contributed by atoms with van der Waals surface area (Å²) < 4.78 is 1.86. The van der Waals surface area contributed by atoms with Crippen molar-refractivity contribution in [3.63, 3.8) is 0 Å². The summed E-state index contributed by atoms with van der Waals surface area (Å²) in [4.78, 5) is 2.40. The molecule has 0 aliphatic carbocycles. The van der Waals surface area contributed by atoms with Crippen molar-refractivity contribution in [2.45, 2.75) is 33.4 Å². The molecule has 1 aromatic heterocycles. The van der Waals surface area contributed by atoms with Crippen molar-refractivity contribution >= 4 is 0 Å². The molecule has 1 N–H and O–H groups in total. The van der Waals surface area contributed by atoms with Gasteiger partial charge in [-0.1, -0.05) is 20.8 Å². The van der Waals surface area contributed by atoms with Gasteiger partial charge < -0.3 is 5.32 Å². The normalized spacial score (nSPS) is 11.6. The maximum atomic E-state index is 4.40. The Morgan fingerprint density at radius 1 is 1.50 bits per heavy atom. The lowest BCUT2D eigenvalue weighted by Gasteiger charge is -2.20. The van der Waals surface area contributed by atoms with Crippen molar-refractivity contribution < 1.29 is 0 Å². The van der Waals surface area contributed by atoms with Crippen LogP contribution in [0.4, 0.5) is 0 Å². The maximum absolute atomic E-state index is 4.40. The lowest BCUT2D eigenvalue weighted by Crippen LogP contribution is -2.34. The molecular weight excluding hydrogens is 200 g/mol. The van der Waals surface area contributed by atoms with Crippen molar-refractivity contribution in [3.8, 4) is 0 Å². The van der Waals surface area contributed by atoms with Crippen LogP contribution in [0.2, 0.25) is 0 Å². The zero-order valence-electron chi connectivity index (χ0n) is 10.9. The second-order valence-corrected chi connectivity index (χ2v) is 4.46. The molecule has 1 heterocycles. The number of nitrogens with one attached hydrogen (secondary N) is 1. The van der Waals surface area contributed by atoms with Gasteiger partial charge in [-0.15, -0.1) is 0 Å². The van der Waals surface area contributed by atoms with Crippen LogP contribution in [0.1, 0.15) is 26.5 Å². The Morgan fingerprint density at radius 3 is 2.75 bits per heavy atom. The standard InChI is InChI=1S/C12H24N4/c1-5-16(9-7-13-11(2)3)10-12-6-8-15(4)14-12/h6,8,11,13H,5,7,9-10H2,1-4H3. The summed E-state index contributed by atoms with van der Waals surface area (Å²) in [6.07, 6.45) is 2.00. The molecule has 0 unspecified atom stereocenters. The Hall–Kier alpha value is -0.870. The molecule has 0 amide bonds. The Kier molecular flexibility index (Phi) is 5.49. The van der Waals surface area contributed by atoms with E-state index in [2.05, 4.69) is 42.2 Å². The predicted octanol–water partition coefficient (Wildman–Crippen LogP) is 1.24. The van der Waals surface area contributed by atoms with Gasteiger partial charge in [0.2, 0.25) is 0 Å². The molecule has 0 aliphatic rings. The highest BCUT2D eigenvalue weighted by atomic mass is 15.3. The van der Waals surface area contributed by atoms with Crippen molar-refractivity contribution in [3.05, 3.63) is 18.0 Å². The van der Waals surface area contributed by atoms with E-state index >= 15 is 0 Å². The van der Waals surface area contributed by atoms with Gasteiger partial charge in [0.25, 0.3) is 0 Å². The van der Waals surface area contributed by atoms with Crippen molar-refractivity contribution in [2.75, 3.05) is 19.6 Å². The van der Waals surface area contributed by atoms with Crippen LogP contribution < -0.4 is 5.32 Å². The summed E-state index contributed by atoms with van der Waals surface area (Å²) >= 11 is 0. The van der Waals surface area contributed by atoms with Gasteiger partial charge >= 0.3 is 0 Å². The van der Waals surface area contributed by atoms with Crippen LogP contribution in [0.15, 0.2) is 12.3 Å². The average Bonchev–Trinajstić information content (AvgIpc) is 2.62. The van der Waals surface area contributed by atoms with E-state index in [1.54, 1.807) is 0 Å². The van der Waals surface area contributed by atoms with Crippen molar-refractivity contribution in [1.29, 1.82) is 0 Å². The summed E-state index contributed by atoms with van der Waals surface area (Å²) in [6, 6.07) is 2.65. The van der Waals surface area contributed by atoms with Gasteiger partial charge in [-0.25, -0.2) is 0 Å². The molecular formula is C12H24N4. The molecule has 0 saturated heterocycles. The van der Waals surface area contributed by atoms with Gasteiger partial charge in [0.1, 0.15) is 0 Å². The number of rotatable bonds is 7. The zero-order valence-corrected chi connectivity index (χ0v) is 10.9. The fourth-order valence-electron chi connectivity index (χ4n) is 1.64. The topological polar surface area (TPSA) is 33.1 Å². The van der Waals surface area contributed by atoms with Crippen LogP contribution in [-0.4, -0.2) is 40.4 Å². The first-order valence-electron chi connectivity index (χ1n) is 6.06. The summed E-state index contributed by atoms with van der Waals surface area (Å²) in [5.41, 5.74) is 1.15. The Labute approximate surface area is 98.6 Å². The van der Waals surface area contributed by atoms with E-state index in [1.807, 2.05) is 17.9 Å². The summed E-state index contributed by atoms with van der Waals surface area (Å²) in [5.74, 6) is 0. The molecule has 0 aliphatic heterocycles. The molecule has 0 aromatic carbocycles. The number of nitrogens with zero attached hydrogens (tertiary/aromatic N) is 3. The van der Waals surface area contributed by atoms with E-state index in [1.165, 1.54) is 0 Å². The third-order valence-electron chi connectivity index (χ3n) is 2.58. The second kappa shape index (κ2) is 6.66. The molecule has 4 nitrogen and oxygen atoms in total. The van der Waals surface area contributed by atoms with Gasteiger partial charge in [0.15, 0.2) is 0 Å². The highest BCUT2D eigenvalue weighted by Gasteiger charge is 2.05. The lowest BCUT2D eigenvalue weighted by molar-refractivity contribution is 0.272. The largest absolute Gasteiger partial charge is 0.313 e. The molecule has 0 atom stereocenters. The minimum Gasteiger partial charge on any atom is -0.313 e. The Balaban J connectivity index is 2.31. The summed E-state index contributed by atoms with van der Waals surface area (Å²) in [5, 5.41) is 7.83. The predicted molar refractivity (Wildman–Crippen MR) is 67.3 cm³/mol. The fourth-order valence-corrected chi connectivity index (χ4v) is 1.64. The van der Waals surface area contributed by atoms with Gasteiger partial charge in [-0.2, -0.15) is 5.10 Å². The quantitative estimate of drug-likeness (QED) is 0.756. The zero-order chi connectivity index (χ0) is 12.0. The molecule has 1 rings (SSSR count). The molecule has 4 heteroatoms. The van der Waals surface area contributed by atoms with E-state index < -0.39 is 0 Å². The van der Waals surface area contributed by atoms with Gasteiger partial charge in [0.05, 0.1) is 5.69 Å². The van der Waals surface area contributed by atoms with Crippen molar-refractivity contribution in [1.82, 2.24) is 20.0 Å². The monoisotopic (exact) mass is 224 g/mol. The van der Waals surface area contributed by atoms with Gasteiger partial charge in [0, 0.05) is 38.9 Å². The smallest absolute Gasteiger partial charge is 0.0764 e. The molecule has 0 bridgehead atoms. The number of hydrogen-bond donors (Lipinski definition) is 1. The molecule has 92 valence electrons. The van der Waals surface area contributed by atoms with Crippen LogP contribution >= 0.6 is 0 Å². The van der Waals surface area contributed by atoms with E-state index in [0.717, 1.165) is 31.9 Å². The van der Waals surface area contributed by atoms with Gasteiger partial charge in [-0.3, -0.25) is 9.58 Å². The van der Waals surface area contributed by atoms with E-state index in [9.17, 15) is 0 Å². The number of hydrogen-bond acceptors (Lipinski definition) is 3. The minimum atomic E-state index is 0.563. The molecule has 1 aromatic rings. The SMILES string of the molecule is CCN(CCNC(C)C)Cc1ccn(C)n1. The number of aromatic nitrogens is 2. The van der Waals surface area contributed by atoms with Crippen molar-refractivity contribution in [2.24, 2.45) is 7.05 Å². The molecule has 0 spiro atoms. The van der Waals surface area contributed by atoms with E-state index in [4.69, 9.17) is 0 Å². The van der Waals surface area contributed by atoms with Crippen LogP contribution in [0.5, 0.6) is 0 Å². The lowest BCUT2D eigenvalue weighted by atomic mass is 10.3. The van der Waals surface area contributed by atoms with Crippen LogP contribution in [0.3, 0.4) is 0 Å². The third-order valence-corrected chi connectivity index (χ3v) is 2.58. The van der Waals surface area contributed by atoms with E-state index in [-0.39, 0.29) is 0 Å². The minimum absolute atomic E-state index is 0.563. The fraction of sp³-hybridized carbons (Fsp3) is 0.750. The average molecular weight is 224 g/mol. The Morgan fingerprint density at radius 2 is 2.25 bits per heavy atom. The van der Waals surface area contributed by atoms with Crippen LogP contribution in [0, 0.1) is 0 Å². The highest BCUT2D eigenvalue weighted by Crippen LogP contribution is 2.00. The van der Waals surface area contributed by atoms with E-state index in [0.29, 0.717) is 6.04 Å². The Bertz CT molecular complexity index is 293. The first-order chi connectivity index (χ1) is 7.61. The molecule has 0 radical (unpaired) electrons. The third kappa shape index (κ3) is 4.77. The first-order valence-corrected chi connectivity index (χ1v) is 6.06. The number of likely N-dealkylation sites (N-methyl/N-ethyl adjacent to an activating group) is 1. The van der Waals surface area contributed by atoms with Crippen LogP contribution in [-0.2, 0) is 13.6 Å². The molecule has 0 saturated carbocycles. The highest BCUT2D eigenvalue weighted by molar-refractivity contribution is 4.98. The van der Waals surface area contributed by atoms with Crippen LogP contribution in [0.25, 0.3) is 0 Å².